The molecule has 1 aromatic carbocycles. The Balaban J connectivity index is 2.37. The molecule has 0 bridgehead atoms. The molecule has 0 unspecified atom stereocenters. The van der Waals surface area contributed by atoms with Gasteiger partial charge >= 0.3 is 0 Å². The van der Waals surface area contributed by atoms with Gasteiger partial charge in [-0.25, -0.2) is 4.39 Å². The average Bonchev–Trinajstić information content (AvgIpc) is 2.24. The molecule has 0 atom stereocenters. The Bertz CT molecular complexity index is 366. The van der Waals surface area contributed by atoms with E-state index in [1.807, 2.05) is 6.92 Å². The molecule has 0 saturated carbocycles. The van der Waals surface area contributed by atoms with Gasteiger partial charge in [-0.05, 0) is 31.5 Å². The number of anilines is 1. The molecular weight excluding hydrogens is 207 g/mol. The third-order valence-corrected chi connectivity index (χ3v) is 2.23. The highest BCUT2D eigenvalue weighted by molar-refractivity contribution is 5.76. The van der Waals surface area contributed by atoms with Crippen LogP contribution in [-0.4, -0.2) is 19.0 Å². The van der Waals surface area contributed by atoms with Crippen LogP contribution in [0.25, 0.3) is 0 Å². The Kier molecular flexibility index (Phi) is 4.76. The van der Waals surface area contributed by atoms with Gasteiger partial charge in [0.25, 0.3) is 0 Å². The first-order valence-electron chi connectivity index (χ1n) is 5.40. The lowest BCUT2D eigenvalue weighted by molar-refractivity contribution is -0.120. The maximum atomic E-state index is 13.2. The predicted octanol–water partition coefficient (Wildman–Crippen LogP) is 2.07. The first-order chi connectivity index (χ1) is 7.63. The van der Waals surface area contributed by atoms with Crippen molar-refractivity contribution in [2.45, 2.75) is 20.3 Å². The van der Waals surface area contributed by atoms with Crippen LogP contribution in [0.1, 0.15) is 18.9 Å². The van der Waals surface area contributed by atoms with Crippen molar-refractivity contribution in [3.8, 4) is 0 Å². The third kappa shape index (κ3) is 3.88. The summed E-state index contributed by atoms with van der Waals surface area (Å²) in [6.45, 7) is 4.74. The molecule has 0 heterocycles. The lowest BCUT2D eigenvalue weighted by Crippen LogP contribution is -2.24. The minimum atomic E-state index is -0.233. The summed E-state index contributed by atoms with van der Waals surface area (Å²) in [5.41, 5.74) is 1.32. The van der Waals surface area contributed by atoms with E-state index in [2.05, 4.69) is 10.6 Å². The van der Waals surface area contributed by atoms with E-state index in [4.69, 9.17) is 0 Å². The molecule has 0 aromatic heterocycles. The largest absolute Gasteiger partial charge is 0.384 e. The van der Waals surface area contributed by atoms with Crippen molar-refractivity contribution in [2.75, 3.05) is 18.4 Å². The van der Waals surface area contributed by atoms with Crippen LogP contribution in [0.5, 0.6) is 0 Å². The minimum Gasteiger partial charge on any atom is -0.384 e. The van der Waals surface area contributed by atoms with E-state index in [0.29, 0.717) is 30.8 Å². The zero-order valence-corrected chi connectivity index (χ0v) is 9.64. The van der Waals surface area contributed by atoms with Crippen LogP contribution in [0.2, 0.25) is 0 Å². The maximum absolute atomic E-state index is 13.2. The molecule has 0 aliphatic carbocycles. The van der Waals surface area contributed by atoms with E-state index >= 15 is 0 Å². The Morgan fingerprint density at radius 3 is 2.81 bits per heavy atom. The summed E-state index contributed by atoms with van der Waals surface area (Å²) >= 11 is 0. The molecule has 88 valence electrons. The molecule has 1 rings (SSSR count). The molecule has 0 radical (unpaired) electrons. The Morgan fingerprint density at radius 1 is 1.44 bits per heavy atom. The normalized spacial score (nSPS) is 9.94. The number of halogens is 1. The standard InChI is InChI=1S/C12H17FN2O/c1-3-14-12(16)6-7-15-10-5-4-9(2)11(13)8-10/h4-5,8,15H,3,6-7H2,1-2H3,(H,14,16). The van der Waals surface area contributed by atoms with Gasteiger partial charge in [0.1, 0.15) is 5.82 Å². The second-order valence-electron chi connectivity index (χ2n) is 3.59. The molecular formula is C12H17FN2O. The Morgan fingerprint density at radius 2 is 2.19 bits per heavy atom. The molecule has 16 heavy (non-hydrogen) atoms. The van der Waals surface area contributed by atoms with E-state index in [9.17, 15) is 9.18 Å². The zero-order chi connectivity index (χ0) is 12.0. The molecule has 2 N–H and O–H groups in total. The second-order valence-corrected chi connectivity index (χ2v) is 3.59. The smallest absolute Gasteiger partial charge is 0.221 e. The highest BCUT2D eigenvalue weighted by atomic mass is 19.1. The molecule has 3 nitrogen and oxygen atoms in total. The van der Waals surface area contributed by atoms with E-state index in [1.54, 1.807) is 19.1 Å². The van der Waals surface area contributed by atoms with Crippen molar-refractivity contribution in [1.29, 1.82) is 0 Å². The number of amides is 1. The van der Waals surface area contributed by atoms with Crippen molar-refractivity contribution in [3.05, 3.63) is 29.6 Å². The van der Waals surface area contributed by atoms with Crippen LogP contribution in [0.3, 0.4) is 0 Å². The maximum Gasteiger partial charge on any atom is 0.221 e. The molecule has 1 amide bonds. The highest BCUT2D eigenvalue weighted by Gasteiger charge is 2.01. The number of carbonyl (C=O) groups is 1. The Labute approximate surface area is 95.0 Å². The van der Waals surface area contributed by atoms with E-state index < -0.39 is 0 Å². The SMILES string of the molecule is CCNC(=O)CCNc1ccc(C)c(F)c1. The fourth-order valence-corrected chi connectivity index (χ4v) is 1.31. The van der Waals surface area contributed by atoms with Crippen molar-refractivity contribution in [3.63, 3.8) is 0 Å². The lowest BCUT2D eigenvalue weighted by Gasteiger charge is -2.07. The minimum absolute atomic E-state index is 0.00239. The van der Waals surface area contributed by atoms with Gasteiger partial charge in [-0.3, -0.25) is 4.79 Å². The van der Waals surface area contributed by atoms with E-state index in [0.717, 1.165) is 0 Å². The fraction of sp³-hybridized carbons (Fsp3) is 0.417. The molecule has 0 fully saturated rings. The molecule has 0 aliphatic heterocycles. The van der Waals surface area contributed by atoms with Gasteiger partial charge < -0.3 is 10.6 Å². The van der Waals surface area contributed by atoms with E-state index in [-0.39, 0.29) is 11.7 Å². The third-order valence-electron chi connectivity index (χ3n) is 2.23. The summed E-state index contributed by atoms with van der Waals surface area (Å²) in [6.07, 6.45) is 0.392. The molecule has 0 spiro atoms. The zero-order valence-electron chi connectivity index (χ0n) is 9.64. The van der Waals surface area contributed by atoms with Gasteiger partial charge in [-0.2, -0.15) is 0 Å². The van der Waals surface area contributed by atoms with Gasteiger partial charge in [0, 0.05) is 25.2 Å². The molecule has 4 heteroatoms. The number of hydrogen-bond donors (Lipinski definition) is 2. The van der Waals surface area contributed by atoms with Gasteiger partial charge in [0.05, 0.1) is 0 Å². The monoisotopic (exact) mass is 224 g/mol. The fourth-order valence-electron chi connectivity index (χ4n) is 1.31. The topological polar surface area (TPSA) is 41.1 Å². The number of carbonyl (C=O) groups excluding carboxylic acids is 1. The number of nitrogens with one attached hydrogen (secondary N) is 2. The summed E-state index contributed by atoms with van der Waals surface area (Å²) in [5.74, 6) is -0.231. The van der Waals surface area contributed by atoms with Crippen LogP contribution in [0.4, 0.5) is 10.1 Å². The van der Waals surface area contributed by atoms with Gasteiger partial charge in [0.2, 0.25) is 5.91 Å². The van der Waals surface area contributed by atoms with E-state index in [1.165, 1.54) is 6.07 Å². The van der Waals surface area contributed by atoms with Crippen LogP contribution in [-0.2, 0) is 4.79 Å². The summed E-state index contributed by atoms with van der Waals surface area (Å²) in [7, 11) is 0. The molecule has 1 aromatic rings. The van der Waals surface area contributed by atoms with Crippen molar-refractivity contribution < 1.29 is 9.18 Å². The van der Waals surface area contributed by atoms with Crippen molar-refractivity contribution >= 4 is 11.6 Å². The van der Waals surface area contributed by atoms with Crippen LogP contribution in [0, 0.1) is 12.7 Å². The summed E-state index contributed by atoms with van der Waals surface area (Å²) in [4.78, 5) is 11.1. The van der Waals surface area contributed by atoms with Crippen molar-refractivity contribution in [1.82, 2.24) is 5.32 Å². The Hall–Kier alpha value is -1.58. The van der Waals surface area contributed by atoms with Crippen LogP contribution in [0.15, 0.2) is 18.2 Å². The predicted molar refractivity (Wildman–Crippen MR) is 62.9 cm³/mol. The lowest BCUT2D eigenvalue weighted by atomic mass is 10.2. The van der Waals surface area contributed by atoms with Gasteiger partial charge in [0.15, 0.2) is 0 Å². The van der Waals surface area contributed by atoms with Crippen LogP contribution >= 0.6 is 0 Å². The average molecular weight is 224 g/mol. The van der Waals surface area contributed by atoms with Gasteiger partial charge in [-0.15, -0.1) is 0 Å². The first kappa shape index (κ1) is 12.5. The molecule has 0 aliphatic rings. The quantitative estimate of drug-likeness (QED) is 0.804. The highest BCUT2D eigenvalue weighted by Crippen LogP contribution is 2.13. The number of hydrogen-bond acceptors (Lipinski definition) is 2. The van der Waals surface area contributed by atoms with Gasteiger partial charge in [-0.1, -0.05) is 6.07 Å². The second kappa shape index (κ2) is 6.10. The first-order valence-corrected chi connectivity index (χ1v) is 5.40. The summed E-state index contributed by atoms with van der Waals surface area (Å²) in [5, 5.41) is 5.70. The number of aryl methyl sites for hydroxylation is 1. The van der Waals surface area contributed by atoms with Crippen LogP contribution < -0.4 is 10.6 Å². The number of benzene rings is 1. The summed E-state index contributed by atoms with van der Waals surface area (Å²) in [6, 6.07) is 4.95. The summed E-state index contributed by atoms with van der Waals surface area (Å²) < 4.78 is 13.2. The molecule has 0 saturated heterocycles. The van der Waals surface area contributed by atoms with Crippen molar-refractivity contribution in [2.24, 2.45) is 0 Å². The number of rotatable bonds is 5.